The van der Waals surface area contributed by atoms with Crippen molar-refractivity contribution in [2.45, 2.75) is 24.9 Å². The molecule has 0 aliphatic carbocycles. The van der Waals surface area contributed by atoms with Gasteiger partial charge in [0.05, 0.1) is 0 Å². The van der Waals surface area contributed by atoms with Gasteiger partial charge in [-0.25, -0.2) is 0 Å². The molecule has 0 spiro atoms. The molecule has 7 nitrogen and oxygen atoms in total. The Morgan fingerprint density at radius 1 is 1.08 bits per heavy atom. The molecule has 4 aromatic rings. The summed E-state index contributed by atoms with van der Waals surface area (Å²) in [7, 11) is 0. The van der Waals surface area contributed by atoms with Crippen molar-refractivity contribution in [2.24, 2.45) is 0 Å². The number of hydrogen-bond acceptors (Lipinski definition) is 5. The van der Waals surface area contributed by atoms with E-state index in [1.54, 1.807) is 17.2 Å². The lowest BCUT2D eigenvalue weighted by Crippen LogP contribution is -2.47. The molecule has 1 saturated heterocycles. The maximum Gasteiger partial charge on any atom is 0.250 e. The summed E-state index contributed by atoms with van der Waals surface area (Å²) in [6.07, 6.45) is 4.75. The Morgan fingerprint density at radius 3 is 2.56 bits per heavy atom. The normalized spacial score (nSPS) is 15.6. The molecular weight excluding hydrogens is 488 g/mol. The Morgan fingerprint density at radius 2 is 1.85 bits per heavy atom. The molecule has 198 valence electrons. The lowest BCUT2D eigenvalue weighted by atomic mass is 10.0. The van der Waals surface area contributed by atoms with Crippen LogP contribution in [0.5, 0.6) is 0 Å². The SMILES string of the molecule is C=CCN(C=C)C(C(=O)N1CCC[C@H]1C(=O)Nc1ccc2oc(-c3ccc(N)cc3)cc2c1)c1ccccc1. The number of nitrogens with zero attached hydrogens (tertiary/aromatic N) is 2. The van der Waals surface area contributed by atoms with Gasteiger partial charge in [0.2, 0.25) is 5.91 Å². The fourth-order valence-corrected chi connectivity index (χ4v) is 5.14. The number of benzene rings is 3. The summed E-state index contributed by atoms with van der Waals surface area (Å²) in [6.45, 7) is 8.71. The van der Waals surface area contributed by atoms with E-state index in [-0.39, 0.29) is 11.8 Å². The summed E-state index contributed by atoms with van der Waals surface area (Å²) in [6, 6.07) is 23.4. The number of furan rings is 1. The first-order valence-electron chi connectivity index (χ1n) is 13.0. The Balaban J connectivity index is 1.35. The van der Waals surface area contributed by atoms with Crippen LogP contribution >= 0.6 is 0 Å². The van der Waals surface area contributed by atoms with Crippen LogP contribution in [0.3, 0.4) is 0 Å². The molecule has 1 aliphatic rings. The summed E-state index contributed by atoms with van der Waals surface area (Å²) in [4.78, 5) is 30.9. The molecule has 1 aliphatic heterocycles. The lowest BCUT2D eigenvalue weighted by Gasteiger charge is -2.34. The number of likely N-dealkylation sites (tertiary alicyclic amines) is 1. The third-order valence-corrected chi connectivity index (χ3v) is 7.07. The quantitative estimate of drug-likeness (QED) is 0.209. The Kier molecular flexibility index (Phi) is 7.50. The van der Waals surface area contributed by atoms with E-state index in [9.17, 15) is 9.59 Å². The third kappa shape index (κ3) is 5.43. The van der Waals surface area contributed by atoms with Crippen molar-refractivity contribution in [3.63, 3.8) is 0 Å². The van der Waals surface area contributed by atoms with Crippen LogP contribution in [0, 0.1) is 0 Å². The topological polar surface area (TPSA) is 91.8 Å². The molecule has 5 rings (SSSR count). The van der Waals surface area contributed by atoms with E-state index in [1.165, 1.54) is 0 Å². The number of nitrogens with one attached hydrogen (secondary N) is 1. The number of nitrogens with two attached hydrogens (primary N) is 1. The molecule has 3 aromatic carbocycles. The number of rotatable bonds is 9. The minimum absolute atomic E-state index is 0.126. The van der Waals surface area contributed by atoms with Gasteiger partial charge in [-0.15, -0.1) is 6.58 Å². The highest BCUT2D eigenvalue weighted by Gasteiger charge is 2.39. The Bertz CT molecular complexity index is 1490. The summed E-state index contributed by atoms with van der Waals surface area (Å²) in [5.41, 5.74) is 9.62. The van der Waals surface area contributed by atoms with E-state index in [0.717, 1.165) is 34.3 Å². The largest absolute Gasteiger partial charge is 0.456 e. The van der Waals surface area contributed by atoms with Crippen molar-refractivity contribution in [2.75, 3.05) is 24.1 Å². The summed E-state index contributed by atoms with van der Waals surface area (Å²) < 4.78 is 6.00. The lowest BCUT2D eigenvalue weighted by molar-refractivity contribution is -0.140. The number of carbonyl (C=O) groups excluding carboxylic acids is 2. The van der Waals surface area contributed by atoms with Crippen LogP contribution in [-0.2, 0) is 9.59 Å². The fraction of sp³-hybridized carbons (Fsp3) is 0.188. The second-order valence-corrected chi connectivity index (χ2v) is 9.65. The van der Waals surface area contributed by atoms with Crippen LogP contribution in [0.25, 0.3) is 22.3 Å². The number of nitrogen functional groups attached to an aromatic ring is 1. The Hall–Kier alpha value is -4.78. The average molecular weight is 521 g/mol. The van der Waals surface area contributed by atoms with Crippen LogP contribution in [0.15, 0.2) is 109 Å². The zero-order chi connectivity index (χ0) is 27.4. The van der Waals surface area contributed by atoms with Crippen LogP contribution in [-0.4, -0.2) is 40.7 Å². The molecule has 3 N–H and O–H groups in total. The van der Waals surface area contributed by atoms with Crippen molar-refractivity contribution in [1.29, 1.82) is 0 Å². The summed E-state index contributed by atoms with van der Waals surface area (Å²) in [5.74, 6) is 0.390. The molecule has 0 radical (unpaired) electrons. The minimum atomic E-state index is -0.593. The van der Waals surface area contributed by atoms with Gasteiger partial charge in [-0.2, -0.15) is 0 Å². The second kappa shape index (κ2) is 11.3. The molecule has 2 heterocycles. The van der Waals surface area contributed by atoms with Crippen molar-refractivity contribution >= 4 is 34.2 Å². The number of amides is 2. The van der Waals surface area contributed by atoms with Crippen molar-refractivity contribution in [3.05, 3.63) is 110 Å². The van der Waals surface area contributed by atoms with E-state index in [4.69, 9.17) is 10.2 Å². The molecule has 1 unspecified atom stereocenters. The van der Waals surface area contributed by atoms with Gasteiger partial charge in [0.1, 0.15) is 23.4 Å². The smallest absolute Gasteiger partial charge is 0.250 e. The van der Waals surface area contributed by atoms with E-state index in [0.29, 0.717) is 30.9 Å². The molecule has 0 saturated carbocycles. The maximum absolute atomic E-state index is 13.9. The highest BCUT2D eigenvalue weighted by molar-refractivity contribution is 6.00. The fourth-order valence-electron chi connectivity index (χ4n) is 5.14. The van der Waals surface area contributed by atoms with Gasteiger partial charge in [0, 0.05) is 35.4 Å². The van der Waals surface area contributed by atoms with E-state index in [1.807, 2.05) is 83.8 Å². The number of anilines is 2. The molecule has 2 amide bonds. The maximum atomic E-state index is 13.9. The first-order valence-corrected chi connectivity index (χ1v) is 13.0. The van der Waals surface area contributed by atoms with E-state index in [2.05, 4.69) is 18.5 Å². The summed E-state index contributed by atoms with van der Waals surface area (Å²) >= 11 is 0. The van der Waals surface area contributed by atoms with Gasteiger partial charge in [-0.05, 0) is 73.1 Å². The van der Waals surface area contributed by atoms with Crippen molar-refractivity contribution in [1.82, 2.24) is 9.80 Å². The van der Waals surface area contributed by atoms with E-state index < -0.39 is 12.1 Å². The molecule has 39 heavy (non-hydrogen) atoms. The standard InChI is InChI=1S/C32H32N4O3/c1-3-18-35(4-2)30(23-9-6-5-7-10-23)32(38)36-19-8-11-27(36)31(37)34-26-16-17-28-24(20-26)21-29(39-28)22-12-14-25(33)15-13-22/h3-7,9-10,12-17,20-21,27,30H,1-2,8,11,18-19,33H2,(H,34,37)/t27-,30?/m0/s1. The predicted octanol–water partition coefficient (Wildman–Crippen LogP) is 5.98. The molecule has 7 heteroatoms. The van der Waals surface area contributed by atoms with Crippen LogP contribution in [0.4, 0.5) is 11.4 Å². The van der Waals surface area contributed by atoms with Crippen molar-refractivity contribution in [3.8, 4) is 11.3 Å². The van der Waals surface area contributed by atoms with Gasteiger partial charge in [0.15, 0.2) is 0 Å². The van der Waals surface area contributed by atoms with Crippen molar-refractivity contribution < 1.29 is 14.0 Å². The van der Waals surface area contributed by atoms with E-state index >= 15 is 0 Å². The number of hydrogen-bond donors (Lipinski definition) is 2. The number of fused-ring (bicyclic) bond motifs is 1. The predicted molar refractivity (Wildman–Crippen MR) is 156 cm³/mol. The highest BCUT2D eigenvalue weighted by atomic mass is 16.3. The number of carbonyl (C=O) groups is 2. The van der Waals surface area contributed by atoms with Gasteiger partial charge < -0.3 is 25.3 Å². The van der Waals surface area contributed by atoms with Crippen LogP contribution < -0.4 is 11.1 Å². The van der Waals surface area contributed by atoms with Gasteiger partial charge in [-0.1, -0.05) is 43.0 Å². The monoisotopic (exact) mass is 520 g/mol. The average Bonchev–Trinajstić information content (AvgIpc) is 3.61. The minimum Gasteiger partial charge on any atom is -0.456 e. The molecule has 0 bridgehead atoms. The molecule has 1 fully saturated rings. The van der Waals surface area contributed by atoms with Crippen LogP contribution in [0.2, 0.25) is 0 Å². The molecular formula is C32H32N4O3. The second-order valence-electron chi connectivity index (χ2n) is 9.65. The zero-order valence-electron chi connectivity index (χ0n) is 21.8. The highest BCUT2D eigenvalue weighted by Crippen LogP contribution is 2.32. The van der Waals surface area contributed by atoms with Crippen LogP contribution in [0.1, 0.15) is 24.4 Å². The third-order valence-electron chi connectivity index (χ3n) is 7.07. The van der Waals surface area contributed by atoms with Gasteiger partial charge >= 0.3 is 0 Å². The molecule has 1 aromatic heterocycles. The van der Waals surface area contributed by atoms with Gasteiger partial charge in [-0.3, -0.25) is 9.59 Å². The first-order chi connectivity index (χ1) is 19.0. The summed E-state index contributed by atoms with van der Waals surface area (Å²) in [5, 5.41) is 3.89. The van der Waals surface area contributed by atoms with Gasteiger partial charge in [0.25, 0.3) is 5.91 Å². The Labute approximate surface area is 228 Å². The first kappa shape index (κ1) is 25.9. The molecule has 2 atom stereocenters. The zero-order valence-corrected chi connectivity index (χ0v) is 21.8.